The highest BCUT2D eigenvalue weighted by Gasteiger charge is 2.29. The molecule has 204 valence electrons. The van der Waals surface area contributed by atoms with Crippen LogP contribution in [-0.2, 0) is 41.0 Å². The van der Waals surface area contributed by atoms with E-state index in [9.17, 15) is 9.59 Å². The Labute approximate surface area is 221 Å². The molecule has 1 aliphatic heterocycles. The zero-order valence-electron chi connectivity index (χ0n) is 21.1. The molecule has 3 heterocycles. The maximum absolute atomic E-state index is 12.1. The van der Waals surface area contributed by atoms with Crippen molar-refractivity contribution in [1.82, 2.24) is 14.5 Å². The molecule has 1 saturated heterocycles. The lowest BCUT2D eigenvalue weighted by Gasteiger charge is -2.22. The maximum Gasteiger partial charge on any atom is 0.333 e. The molecule has 4 atom stereocenters. The zero-order valence-corrected chi connectivity index (χ0v) is 22.0. The van der Waals surface area contributed by atoms with Crippen molar-refractivity contribution >= 4 is 8.60 Å². The SMILES string of the molecule is COCC(COP(OCc1ccccc1)OCC1CCC(n2ccc(=O)[nH]c2=O)O1)OCc1ccncc1. The highest BCUT2D eigenvalue weighted by molar-refractivity contribution is 7.41. The Morgan fingerprint density at radius 2 is 1.79 bits per heavy atom. The number of hydrogen-bond donors (Lipinski definition) is 1. The average molecular weight is 546 g/mol. The zero-order chi connectivity index (χ0) is 26.6. The molecule has 4 rings (SSSR count). The van der Waals surface area contributed by atoms with Gasteiger partial charge in [-0.25, -0.2) is 4.79 Å². The van der Waals surface area contributed by atoms with Crippen LogP contribution in [-0.4, -0.2) is 53.7 Å². The standard InChI is InChI=1S/C26H32N3O8P/c1-32-17-23(33-15-21-9-12-27-13-10-21)19-36-38(34-16-20-5-3-2-4-6-20)35-18-22-7-8-25(37-22)29-14-11-24(30)28-26(29)31/h2-6,9-14,22-23,25H,7-8,15-19H2,1H3,(H,28,30,31). The summed E-state index contributed by atoms with van der Waals surface area (Å²) in [6.45, 7) is 1.49. The molecule has 0 bridgehead atoms. The fraction of sp³-hybridized carbons (Fsp3) is 0.423. The summed E-state index contributed by atoms with van der Waals surface area (Å²) in [7, 11) is -0.123. The highest BCUT2D eigenvalue weighted by Crippen LogP contribution is 2.42. The Hall–Kier alpha value is -2.76. The Bertz CT molecular complexity index is 1210. The van der Waals surface area contributed by atoms with Gasteiger partial charge in [0.25, 0.3) is 5.56 Å². The molecule has 0 radical (unpaired) electrons. The quantitative estimate of drug-likeness (QED) is 0.287. The first kappa shape index (κ1) is 28.3. The van der Waals surface area contributed by atoms with Crippen molar-refractivity contribution in [2.75, 3.05) is 26.9 Å². The van der Waals surface area contributed by atoms with Crippen LogP contribution >= 0.6 is 8.60 Å². The van der Waals surface area contributed by atoms with E-state index in [1.54, 1.807) is 19.5 Å². The number of ether oxygens (including phenoxy) is 3. The Kier molecular flexibility index (Phi) is 11.1. The van der Waals surface area contributed by atoms with Crippen molar-refractivity contribution in [1.29, 1.82) is 0 Å². The molecule has 0 aliphatic carbocycles. The van der Waals surface area contributed by atoms with Crippen LogP contribution in [0.2, 0.25) is 0 Å². The van der Waals surface area contributed by atoms with Gasteiger partial charge in [0.05, 0.1) is 39.1 Å². The van der Waals surface area contributed by atoms with E-state index in [0.717, 1.165) is 11.1 Å². The summed E-state index contributed by atoms with van der Waals surface area (Å²) in [5.41, 5.74) is 1.04. The van der Waals surface area contributed by atoms with E-state index in [1.165, 1.54) is 16.8 Å². The molecule has 1 aromatic carbocycles. The van der Waals surface area contributed by atoms with Crippen molar-refractivity contribution in [3.05, 3.63) is 99.1 Å². The monoisotopic (exact) mass is 545 g/mol. The molecule has 4 unspecified atom stereocenters. The number of nitrogens with one attached hydrogen (secondary N) is 1. The third kappa shape index (κ3) is 8.92. The number of rotatable bonds is 15. The van der Waals surface area contributed by atoms with E-state index in [-0.39, 0.29) is 25.4 Å². The van der Waals surface area contributed by atoms with Gasteiger partial charge in [-0.1, -0.05) is 30.3 Å². The van der Waals surface area contributed by atoms with Crippen LogP contribution in [0.25, 0.3) is 0 Å². The summed E-state index contributed by atoms with van der Waals surface area (Å²) in [5.74, 6) is 0. The molecular weight excluding hydrogens is 513 g/mol. The van der Waals surface area contributed by atoms with Gasteiger partial charge in [-0.15, -0.1) is 0 Å². The number of H-pyrrole nitrogens is 1. The molecule has 11 nitrogen and oxygen atoms in total. The van der Waals surface area contributed by atoms with Crippen LogP contribution < -0.4 is 11.2 Å². The molecule has 1 N–H and O–H groups in total. The van der Waals surface area contributed by atoms with Crippen molar-refractivity contribution < 1.29 is 27.8 Å². The van der Waals surface area contributed by atoms with Crippen LogP contribution in [0.3, 0.4) is 0 Å². The van der Waals surface area contributed by atoms with Gasteiger partial charge in [-0.2, -0.15) is 0 Å². The van der Waals surface area contributed by atoms with Crippen molar-refractivity contribution in [2.24, 2.45) is 0 Å². The summed E-state index contributed by atoms with van der Waals surface area (Å²) in [6, 6.07) is 14.8. The van der Waals surface area contributed by atoms with E-state index in [4.69, 9.17) is 27.8 Å². The number of hydrogen-bond acceptors (Lipinski definition) is 9. The third-order valence-electron chi connectivity index (χ3n) is 5.75. The number of pyridine rings is 1. The molecule has 3 aromatic rings. The van der Waals surface area contributed by atoms with Gasteiger partial charge in [0.15, 0.2) is 0 Å². The van der Waals surface area contributed by atoms with E-state index < -0.39 is 26.1 Å². The van der Waals surface area contributed by atoms with Crippen LogP contribution in [0.15, 0.2) is 76.7 Å². The fourth-order valence-electron chi connectivity index (χ4n) is 3.79. The second-order valence-corrected chi connectivity index (χ2v) is 9.85. The Morgan fingerprint density at radius 3 is 2.55 bits per heavy atom. The van der Waals surface area contributed by atoms with Crippen LogP contribution in [0.4, 0.5) is 0 Å². The lowest BCUT2D eigenvalue weighted by Crippen LogP contribution is -2.31. The molecule has 0 spiro atoms. The largest absolute Gasteiger partial charge is 0.382 e. The molecule has 0 amide bonds. The molecule has 38 heavy (non-hydrogen) atoms. The van der Waals surface area contributed by atoms with E-state index in [0.29, 0.717) is 32.7 Å². The lowest BCUT2D eigenvalue weighted by molar-refractivity contribution is -0.0439. The van der Waals surface area contributed by atoms with Crippen LogP contribution in [0.1, 0.15) is 30.2 Å². The second kappa shape index (κ2) is 15.0. The van der Waals surface area contributed by atoms with E-state index >= 15 is 0 Å². The molecular formula is C26H32N3O8P. The number of nitrogens with zero attached hydrogens (tertiary/aromatic N) is 2. The highest BCUT2D eigenvalue weighted by atomic mass is 31.2. The number of benzene rings is 1. The fourth-order valence-corrected chi connectivity index (χ4v) is 4.85. The summed E-state index contributed by atoms with van der Waals surface area (Å²) in [6.07, 6.45) is 5.10. The Balaban J connectivity index is 1.31. The lowest BCUT2D eigenvalue weighted by atomic mass is 10.2. The van der Waals surface area contributed by atoms with E-state index in [1.807, 2.05) is 42.5 Å². The predicted molar refractivity (Wildman–Crippen MR) is 139 cm³/mol. The minimum absolute atomic E-state index is 0.209. The summed E-state index contributed by atoms with van der Waals surface area (Å²) in [4.78, 5) is 29.7. The molecule has 2 aromatic heterocycles. The van der Waals surface area contributed by atoms with Gasteiger partial charge in [0.1, 0.15) is 12.3 Å². The minimum atomic E-state index is -1.73. The predicted octanol–water partition coefficient (Wildman–Crippen LogP) is 3.32. The van der Waals surface area contributed by atoms with Gasteiger partial charge in [-0.05, 0) is 36.1 Å². The van der Waals surface area contributed by atoms with Gasteiger partial charge >= 0.3 is 14.3 Å². The van der Waals surface area contributed by atoms with Gasteiger partial charge in [-0.3, -0.25) is 19.3 Å². The van der Waals surface area contributed by atoms with Gasteiger partial charge in [0, 0.05) is 31.8 Å². The molecule has 12 heteroatoms. The molecule has 0 saturated carbocycles. The molecule has 1 aliphatic rings. The Morgan fingerprint density at radius 1 is 1.00 bits per heavy atom. The smallest absolute Gasteiger partial charge is 0.333 e. The van der Waals surface area contributed by atoms with Crippen LogP contribution in [0.5, 0.6) is 0 Å². The van der Waals surface area contributed by atoms with Gasteiger partial charge < -0.3 is 27.8 Å². The minimum Gasteiger partial charge on any atom is -0.382 e. The van der Waals surface area contributed by atoms with E-state index in [2.05, 4.69) is 9.97 Å². The normalized spacial score (nSPS) is 18.9. The summed E-state index contributed by atoms with van der Waals surface area (Å²) in [5, 5.41) is 0. The first-order valence-electron chi connectivity index (χ1n) is 12.3. The topological polar surface area (TPSA) is 123 Å². The number of methoxy groups -OCH3 is 1. The first-order valence-corrected chi connectivity index (χ1v) is 13.4. The first-order chi connectivity index (χ1) is 18.6. The second-order valence-electron chi connectivity index (χ2n) is 8.63. The van der Waals surface area contributed by atoms with Crippen molar-refractivity contribution in [2.45, 2.75) is 44.5 Å². The van der Waals surface area contributed by atoms with Crippen molar-refractivity contribution in [3.8, 4) is 0 Å². The third-order valence-corrected chi connectivity index (χ3v) is 6.80. The molecule has 1 fully saturated rings. The average Bonchev–Trinajstić information content (AvgIpc) is 3.41. The summed E-state index contributed by atoms with van der Waals surface area (Å²) >= 11 is 0. The van der Waals surface area contributed by atoms with Crippen molar-refractivity contribution in [3.63, 3.8) is 0 Å². The van der Waals surface area contributed by atoms with Gasteiger partial charge in [0.2, 0.25) is 0 Å². The number of aromatic nitrogens is 3. The van der Waals surface area contributed by atoms with Crippen LogP contribution in [0, 0.1) is 0 Å². The summed E-state index contributed by atoms with van der Waals surface area (Å²) < 4.78 is 36.7. The number of aromatic amines is 1. The maximum atomic E-state index is 12.1.